The topological polar surface area (TPSA) is 69.8 Å². The summed E-state index contributed by atoms with van der Waals surface area (Å²) in [5.74, 6) is -0.978. The first-order valence-electron chi connectivity index (χ1n) is 7.11. The minimum Gasteiger partial charge on any atom is -0.478 e. The molecule has 0 spiro atoms. The zero-order valence-corrected chi connectivity index (χ0v) is 12.2. The molecular weight excluding hydrogens is 254 g/mol. The van der Waals surface area contributed by atoms with Crippen LogP contribution in [0, 0.1) is 0 Å². The van der Waals surface area contributed by atoms with E-state index in [0.29, 0.717) is 11.7 Å². The van der Waals surface area contributed by atoms with Crippen LogP contribution in [0.1, 0.15) is 30.1 Å². The molecular formula is C15H23N3O2. The van der Waals surface area contributed by atoms with Crippen molar-refractivity contribution in [3.63, 3.8) is 0 Å². The Morgan fingerprint density at radius 2 is 2.30 bits per heavy atom. The van der Waals surface area contributed by atoms with E-state index in [2.05, 4.69) is 16.7 Å². The van der Waals surface area contributed by atoms with Crippen molar-refractivity contribution in [3.8, 4) is 0 Å². The van der Waals surface area contributed by atoms with Crippen molar-refractivity contribution in [1.29, 1.82) is 0 Å². The van der Waals surface area contributed by atoms with Crippen molar-refractivity contribution < 1.29 is 9.90 Å². The first-order chi connectivity index (χ1) is 9.54. The number of nitrogen functional groups attached to an aromatic ring is 1. The molecule has 110 valence electrons. The van der Waals surface area contributed by atoms with Crippen LogP contribution in [-0.2, 0) is 0 Å². The first-order valence-corrected chi connectivity index (χ1v) is 7.11. The molecule has 2 rings (SSSR count). The van der Waals surface area contributed by atoms with Gasteiger partial charge in [-0.3, -0.25) is 4.90 Å². The van der Waals surface area contributed by atoms with Crippen LogP contribution < -0.4 is 10.6 Å². The van der Waals surface area contributed by atoms with Crippen molar-refractivity contribution in [2.45, 2.75) is 25.8 Å². The van der Waals surface area contributed by atoms with Gasteiger partial charge in [-0.1, -0.05) is 13.0 Å². The monoisotopic (exact) mass is 277 g/mol. The first kappa shape index (κ1) is 14.7. The van der Waals surface area contributed by atoms with Gasteiger partial charge < -0.3 is 15.7 Å². The number of hydrogen-bond acceptors (Lipinski definition) is 4. The van der Waals surface area contributed by atoms with E-state index in [1.54, 1.807) is 12.1 Å². The number of nitrogens with zero attached hydrogens (tertiary/aromatic N) is 2. The quantitative estimate of drug-likeness (QED) is 0.804. The molecule has 0 aliphatic carbocycles. The van der Waals surface area contributed by atoms with Gasteiger partial charge >= 0.3 is 5.97 Å². The number of anilines is 2. The molecule has 1 heterocycles. The number of carboxylic acid groups (broad SMARTS) is 1. The predicted molar refractivity (Wildman–Crippen MR) is 81.4 cm³/mol. The number of carboxylic acids is 1. The maximum absolute atomic E-state index is 11.1. The summed E-state index contributed by atoms with van der Waals surface area (Å²) in [4.78, 5) is 15.7. The van der Waals surface area contributed by atoms with Crippen LogP contribution >= 0.6 is 0 Å². The number of benzene rings is 1. The van der Waals surface area contributed by atoms with Crippen molar-refractivity contribution >= 4 is 17.3 Å². The Labute approximate surface area is 120 Å². The number of likely N-dealkylation sites (tertiary alicyclic amines) is 1. The van der Waals surface area contributed by atoms with Crippen LogP contribution in [0.2, 0.25) is 0 Å². The third-order valence-electron chi connectivity index (χ3n) is 4.11. The molecule has 1 aliphatic rings. The maximum atomic E-state index is 11.1. The predicted octanol–water partition coefficient (Wildman–Crippen LogP) is 1.89. The Balaban J connectivity index is 2.15. The number of likely N-dealkylation sites (N-methyl/N-ethyl adjacent to an activating group) is 2. The van der Waals surface area contributed by atoms with Crippen LogP contribution in [0.4, 0.5) is 11.4 Å². The normalized spacial score (nSPS) is 19.2. The number of rotatable bonds is 5. The lowest BCUT2D eigenvalue weighted by atomic mass is 10.1. The molecule has 20 heavy (non-hydrogen) atoms. The third kappa shape index (κ3) is 2.88. The average Bonchev–Trinajstić information content (AvgIpc) is 2.85. The second-order valence-electron chi connectivity index (χ2n) is 5.35. The Hall–Kier alpha value is -1.75. The summed E-state index contributed by atoms with van der Waals surface area (Å²) in [6.45, 7) is 5.27. The van der Waals surface area contributed by atoms with Gasteiger partial charge in [-0.25, -0.2) is 4.79 Å². The summed E-state index contributed by atoms with van der Waals surface area (Å²) >= 11 is 0. The molecule has 0 saturated carbocycles. The number of hydrogen-bond donors (Lipinski definition) is 2. The van der Waals surface area contributed by atoms with Crippen LogP contribution in [0.15, 0.2) is 18.2 Å². The molecule has 1 atom stereocenters. The van der Waals surface area contributed by atoms with E-state index in [1.165, 1.54) is 12.8 Å². The summed E-state index contributed by atoms with van der Waals surface area (Å²) < 4.78 is 0. The highest BCUT2D eigenvalue weighted by molar-refractivity contribution is 5.97. The smallest absolute Gasteiger partial charge is 0.337 e. The number of para-hydroxylation sites is 1. The molecule has 5 nitrogen and oxygen atoms in total. The summed E-state index contributed by atoms with van der Waals surface area (Å²) in [6, 6.07) is 5.70. The van der Waals surface area contributed by atoms with Crippen molar-refractivity contribution in [3.05, 3.63) is 23.8 Å². The molecule has 1 aliphatic heterocycles. The summed E-state index contributed by atoms with van der Waals surface area (Å²) in [6.07, 6.45) is 2.42. The van der Waals surface area contributed by atoms with E-state index >= 15 is 0 Å². The average molecular weight is 277 g/mol. The van der Waals surface area contributed by atoms with Gasteiger partial charge in [-0.2, -0.15) is 0 Å². The fourth-order valence-electron chi connectivity index (χ4n) is 3.01. The molecule has 0 radical (unpaired) electrons. The van der Waals surface area contributed by atoms with Gasteiger partial charge in [0.15, 0.2) is 0 Å². The summed E-state index contributed by atoms with van der Waals surface area (Å²) in [5.41, 5.74) is 7.31. The van der Waals surface area contributed by atoms with Gasteiger partial charge in [-0.15, -0.1) is 0 Å². The van der Waals surface area contributed by atoms with E-state index in [0.717, 1.165) is 25.3 Å². The third-order valence-corrected chi connectivity index (χ3v) is 4.11. The van der Waals surface area contributed by atoms with Crippen LogP contribution in [0.3, 0.4) is 0 Å². The van der Waals surface area contributed by atoms with Gasteiger partial charge in [0.05, 0.1) is 16.9 Å². The van der Waals surface area contributed by atoms with E-state index in [-0.39, 0.29) is 5.56 Å². The van der Waals surface area contributed by atoms with Gasteiger partial charge in [0.2, 0.25) is 0 Å². The molecule has 1 saturated heterocycles. The van der Waals surface area contributed by atoms with Gasteiger partial charge in [0, 0.05) is 19.6 Å². The van der Waals surface area contributed by atoms with Crippen molar-refractivity contribution in [2.75, 3.05) is 37.3 Å². The minimum absolute atomic E-state index is 0.174. The van der Waals surface area contributed by atoms with Crippen LogP contribution in [-0.4, -0.2) is 48.7 Å². The minimum atomic E-state index is -0.978. The Kier molecular flexibility index (Phi) is 4.49. The molecule has 1 fully saturated rings. The van der Waals surface area contributed by atoms with E-state index in [4.69, 9.17) is 10.8 Å². The molecule has 1 aromatic rings. The van der Waals surface area contributed by atoms with Crippen LogP contribution in [0.5, 0.6) is 0 Å². The second kappa shape index (κ2) is 6.13. The lowest BCUT2D eigenvalue weighted by Gasteiger charge is -2.29. The Morgan fingerprint density at radius 1 is 1.55 bits per heavy atom. The molecule has 0 bridgehead atoms. The molecule has 5 heteroatoms. The van der Waals surface area contributed by atoms with Gasteiger partial charge in [0.1, 0.15) is 0 Å². The number of aromatic carboxylic acids is 1. The molecule has 0 amide bonds. The highest BCUT2D eigenvalue weighted by Crippen LogP contribution is 2.27. The second-order valence-corrected chi connectivity index (χ2v) is 5.35. The van der Waals surface area contributed by atoms with E-state index in [1.807, 2.05) is 13.1 Å². The molecule has 1 aromatic carbocycles. The van der Waals surface area contributed by atoms with Crippen molar-refractivity contribution in [2.24, 2.45) is 0 Å². The fraction of sp³-hybridized carbons (Fsp3) is 0.533. The fourth-order valence-corrected chi connectivity index (χ4v) is 3.01. The van der Waals surface area contributed by atoms with Gasteiger partial charge in [0.25, 0.3) is 0 Å². The SMILES string of the molecule is CCN1CCCC1CN(C)c1cccc(C(=O)O)c1N. The van der Waals surface area contributed by atoms with E-state index < -0.39 is 5.97 Å². The Bertz CT molecular complexity index is 490. The van der Waals surface area contributed by atoms with Crippen LogP contribution in [0.25, 0.3) is 0 Å². The summed E-state index contributed by atoms with van der Waals surface area (Å²) in [5, 5.41) is 9.13. The number of carbonyl (C=O) groups is 1. The maximum Gasteiger partial charge on any atom is 0.337 e. The van der Waals surface area contributed by atoms with E-state index in [9.17, 15) is 4.79 Å². The highest BCUT2D eigenvalue weighted by atomic mass is 16.4. The summed E-state index contributed by atoms with van der Waals surface area (Å²) in [7, 11) is 1.98. The lowest BCUT2D eigenvalue weighted by Crippen LogP contribution is -2.39. The number of nitrogens with two attached hydrogens (primary N) is 1. The molecule has 0 aromatic heterocycles. The molecule has 1 unspecified atom stereocenters. The highest BCUT2D eigenvalue weighted by Gasteiger charge is 2.25. The largest absolute Gasteiger partial charge is 0.478 e. The zero-order valence-electron chi connectivity index (χ0n) is 12.2. The van der Waals surface area contributed by atoms with Gasteiger partial charge in [-0.05, 0) is 38.1 Å². The zero-order chi connectivity index (χ0) is 14.7. The standard InChI is InChI=1S/C15H23N3O2/c1-3-18-9-5-6-11(18)10-17(2)13-8-4-7-12(14(13)16)15(19)20/h4,7-8,11H,3,5-6,9-10,16H2,1-2H3,(H,19,20). The van der Waals surface area contributed by atoms with Crippen molar-refractivity contribution in [1.82, 2.24) is 4.90 Å². The molecule has 3 N–H and O–H groups in total. The lowest BCUT2D eigenvalue weighted by molar-refractivity contribution is 0.0698. The Morgan fingerprint density at radius 3 is 2.95 bits per heavy atom.